The second-order valence-corrected chi connectivity index (χ2v) is 3.24. The zero-order chi connectivity index (χ0) is 7.52. The van der Waals surface area contributed by atoms with Crippen LogP contribution in [0.1, 0.15) is 12.8 Å². The summed E-state index contributed by atoms with van der Waals surface area (Å²) < 4.78 is 0. The SMILES string of the molecule is C1CN=C(C2CCNC2)NC1. The van der Waals surface area contributed by atoms with Gasteiger partial charge in [0.25, 0.3) is 0 Å². The average Bonchev–Trinajstić information content (AvgIpc) is 2.58. The van der Waals surface area contributed by atoms with E-state index in [1.807, 2.05) is 0 Å². The molecule has 0 aromatic rings. The van der Waals surface area contributed by atoms with Gasteiger partial charge < -0.3 is 10.6 Å². The molecule has 0 bridgehead atoms. The van der Waals surface area contributed by atoms with E-state index in [4.69, 9.17) is 0 Å². The van der Waals surface area contributed by atoms with E-state index in [1.165, 1.54) is 18.7 Å². The molecular weight excluding hydrogens is 138 g/mol. The maximum absolute atomic E-state index is 4.48. The summed E-state index contributed by atoms with van der Waals surface area (Å²) in [7, 11) is 0. The second-order valence-electron chi connectivity index (χ2n) is 3.24. The Morgan fingerprint density at radius 3 is 3.00 bits per heavy atom. The van der Waals surface area contributed by atoms with Crippen molar-refractivity contribution in [2.75, 3.05) is 26.2 Å². The molecule has 1 unspecified atom stereocenters. The van der Waals surface area contributed by atoms with Crippen LogP contribution in [0.15, 0.2) is 4.99 Å². The molecule has 62 valence electrons. The minimum Gasteiger partial charge on any atom is -0.373 e. The van der Waals surface area contributed by atoms with Gasteiger partial charge in [0.2, 0.25) is 0 Å². The van der Waals surface area contributed by atoms with Crippen LogP contribution in [0.3, 0.4) is 0 Å². The summed E-state index contributed by atoms with van der Waals surface area (Å²) in [5.41, 5.74) is 0. The fourth-order valence-electron chi connectivity index (χ4n) is 1.71. The van der Waals surface area contributed by atoms with Crippen molar-refractivity contribution in [1.29, 1.82) is 0 Å². The quantitative estimate of drug-likeness (QED) is 0.556. The molecule has 2 aliphatic rings. The summed E-state index contributed by atoms with van der Waals surface area (Å²) in [6, 6.07) is 0. The summed E-state index contributed by atoms with van der Waals surface area (Å²) in [5.74, 6) is 1.93. The topological polar surface area (TPSA) is 36.4 Å². The largest absolute Gasteiger partial charge is 0.373 e. The van der Waals surface area contributed by atoms with E-state index in [2.05, 4.69) is 15.6 Å². The summed E-state index contributed by atoms with van der Waals surface area (Å²) in [6.45, 7) is 4.42. The minimum atomic E-state index is 0.676. The lowest BCUT2D eigenvalue weighted by molar-refractivity contribution is 0.661. The lowest BCUT2D eigenvalue weighted by atomic mass is 10.1. The average molecular weight is 153 g/mol. The minimum absolute atomic E-state index is 0.676. The number of hydrogen-bond donors (Lipinski definition) is 2. The van der Waals surface area contributed by atoms with Crippen LogP contribution >= 0.6 is 0 Å². The van der Waals surface area contributed by atoms with Gasteiger partial charge in [0.05, 0.1) is 0 Å². The number of hydrogen-bond acceptors (Lipinski definition) is 3. The van der Waals surface area contributed by atoms with E-state index >= 15 is 0 Å². The Morgan fingerprint density at radius 2 is 2.36 bits per heavy atom. The second kappa shape index (κ2) is 3.22. The van der Waals surface area contributed by atoms with E-state index in [1.54, 1.807) is 0 Å². The molecule has 0 aliphatic carbocycles. The Morgan fingerprint density at radius 1 is 1.36 bits per heavy atom. The van der Waals surface area contributed by atoms with E-state index < -0.39 is 0 Å². The lowest BCUT2D eigenvalue weighted by Crippen LogP contribution is -2.36. The molecule has 11 heavy (non-hydrogen) atoms. The van der Waals surface area contributed by atoms with Gasteiger partial charge in [0.1, 0.15) is 5.84 Å². The van der Waals surface area contributed by atoms with Gasteiger partial charge in [-0.3, -0.25) is 4.99 Å². The van der Waals surface area contributed by atoms with Crippen molar-refractivity contribution in [2.45, 2.75) is 12.8 Å². The highest BCUT2D eigenvalue weighted by molar-refractivity contribution is 5.85. The first-order valence-electron chi connectivity index (χ1n) is 4.46. The summed E-state index contributed by atoms with van der Waals surface area (Å²) in [6.07, 6.45) is 2.45. The molecule has 1 saturated heterocycles. The van der Waals surface area contributed by atoms with Gasteiger partial charge in [-0.25, -0.2) is 0 Å². The zero-order valence-electron chi connectivity index (χ0n) is 6.77. The third kappa shape index (κ3) is 1.53. The maximum Gasteiger partial charge on any atom is 0.101 e. The number of nitrogens with zero attached hydrogens (tertiary/aromatic N) is 1. The first-order chi connectivity index (χ1) is 5.47. The Balaban J connectivity index is 1.96. The standard InChI is InChI=1S/C8H15N3/c1-3-10-8(11-4-1)7-2-5-9-6-7/h7,9H,1-6H2,(H,10,11). The monoisotopic (exact) mass is 153 g/mol. The Labute approximate surface area is 67.3 Å². The Bertz CT molecular complexity index is 159. The van der Waals surface area contributed by atoms with Gasteiger partial charge in [0, 0.05) is 25.6 Å². The molecule has 2 rings (SSSR count). The molecule has 2 N–H and O–H groups in total. The van der Waals surface area contributed by atoms with Crippen LogP contribution in [0, 0.1) is 5.92 Å². The number of nitrogens with one attached hydrogen (secondary N) is 2. The van der Waals surface area contributed by atoms with E-state index in [9.17, 15) is 0 Å². The fourth-order valence-corrected chi connectivity index (χ4v) is 1.71. The number of amidine groups is 1. The van der Waals surface area contributed by atoms with Gasteiger partial charge in [0.15, 0.2) is 0 Å². The lowest BCUT2D eigenvalue weighted by Gasteiger charge is -2.18. The zero-order valence-corrected chi connectivity index (χ0v) is 6.77. The first kappa shape index (κ1) is 7.10. The van der Waals surface area contributed by atoms with Gasteiger partial charge in [-0.2, -0.15) is 0 Å². The Hall–Kier alpha value is -0.570. The molecule has 3 heteroatoms. The summed E-state index contributed by atoms with van der Waals surface area (Å²) in [4.78, 5) is 4.48. The van der Waals surface area contributed by atoms with Crippen LogP contribution in [-0.2, 0) is 0 Å². The molecule has 0 amide bonds. The van der Waals surface area contributed by atoms with E-state index in [0.29, 0.717) is 5.92 Å². The maximum atomic E-state index is 4.48. The smallest absolute Gasteiger partial charge is 0.101 e. The van der Waals surface area contributed by atoms with Gasteiger partial charge >= 0.3 is 0 Å². The number of rotatable bonds is 1. The third-order valence-electron chi connectivity index (χ3n) is 2.37. The van der Waals surface area contributed by atoms with Crippen molar-refractivity contribution in [3.05, 3.63) is 0 Å². The highest BCUT2D eigenvalue weighted by Gasteiger charge is 2.20. The molecule has 0 radical (unpaired) electrons. The highest BCUT2D eigenvalue weighted by atomic mass is 15.0. The van der Waals surface area contributed by atoms with Crippen molar-refractivity contribution >= 4 is 5.84 Å². The van der Waals surface area contributed by atoms with Crippen molar-refractivity contribution in [3.8, 4) is 0 Å². The molecule has 0 saturated carbocycles. The predicted molar refractivity (Wildman–Crippen MR) is 45.9 cm³/mol. The van der Waals surface area contributed by atoms with E-state index in [0.717, 1.165) is 26.2 Å². The molecule has 2 heterocycles. The van der Waals surface area contributed by atoms with Crippen LogP contribution in [0.5, 0.6) is 0 Å². The molecule has 0 spiro atoms. The van der Waals surface area contributed by atoms with Crippen molar-refractivity contribution in [2.24, 2.45) is 10.9 Å². The molecule has 1 fully saturated rings. The molecule has 0 aromatic heterocycles. The highest BCUT2D eigenvalue weighted by Crippen LogP contribution is 2.10. The van der Waals surface area contributed by atoms with Crippen LogP contribution in [0.25, 0.3) is 0 Å². The van der Waals surface area contributed by atoms with Crippen molar-refractivity contribution < 1.29 is 0 Å². The molecule has 2 aliphatic heterocycles. The summed E-state index contributed by atoms with van der Waals surface area (Å²) >= 11 is 0. The number of aliphatic imine (C=N–C) groups is 1. The van der Waals surface area contributed by atoms with Crippen LogP contribution in [-0.4, -0.2) is 32.0 Å². The van der Waals surface area contributed by atoms with Crippen LogP contribution in [0.4, 0.5) is 0 Å². The van der Waals surface area contributed by atoms with Crippen molar-refractivity contribution in [1.82, 2.24) is 10.6 Å². The predicted octanol–water partition coefficient (Wildman–Crippen LogP) is -0.0123. The van der Waals surface area contributed by atoms with Crippen molar-refractivity contribution in [3.63, 3.8) is 0 Å². The molecular formula is C8H15N3. The Kier molecular flexibility index (Phi) is 2.08. The normalized spacial score (nSPS) is 31.3. The van der Waals surface area contributed by atoms with Gasteiger partial charge in [-0.15, -0.1) is 0 Å². The fraction of sp³-hybridized carbons (Fsp3) is 0.875. The van der Waals surface area contributed by atoms with Crippen LogP contribution in [0.2, 0.25) is 0 Å². The van der Waals surface area contributed by atoms with Crippen LogP contribution < -0.4 is 10.6 Å². The molecule has 1 atom stereocenters. The summed E-state index contributed by atoms with van der Waals surface area (Å²) in [5, 5.41) is 6.72. The van der Waals surface area contributed by atoms with Gasteiger partial charge in [-0.1, -0.05) is 0 Å². The third-order valence-corrected chi connectivity index (χ3v) is 2.37. The first-order valence-corrected chi connectivity index (χ1v) is 4.46. The van der Waals surface area contributed by atoms with Gasteiger partial charge in [-0.05, 0) is 19.4 Å². The van der Waals surface area contributed by atoms with E-state index in [-0.39, 0.29) is 0 Å². The molecule has 0 aromatic carbocycles. The molecule has 3 nitrogen and oxygen atoms in total.